The molecule has 1 rings (SSSR count). The Labute approximate surface area is 106 Å². The Kier molecular flexibility index (Phi) is 5.17. The fraction of sp³-hybridized carbons (Fsp3) is 0.385. The number of esters is 1. The lowest BCUT2D eigenvalue weighted by molar-refractivity contribution is -0.124. The minimum atomic E-state index is -0.715. The van der Waals surface area contributed by atoms with E-state index >= 15 is 0 Å². The Morgan fingerprint density at radius 2 is 2.06 bits per heavy atom. The number of para-hydroxylation sites is 1. The first kappa shape index (κ1) is 14.0. The van der Waals surface area contributed by atoms with Gasteiger partial charge in [-0.25, -0.2) is 4.79 Å². The summed E-state index contributed by atoms with van der Waals surface area (Å²) in [6.45, 7) is 3.46. The third-order valence-corrected chi connectivity index (χ3v) is 2.48. The van der Waals surface area contributed by atoms with Gasteiger partial charge < -0.3 is 15.2 Å². The normalized spacial score (nSPS) is 11.7. The number of nitrogens with one attached hydrogen (secondary N) is 1. The third-order valence-electron chi connectivity index (χ3n) is 2.48. The fourth-order valence-electron chi connectivity index (χ4n) is 1.27. The second kappa shape index (κ2) is 6.64. The number of amides is 1. The summed E-state index contributed by atoms with van der Waals surface area (Å²) in [6, 6.07) is 6.07. The molecule has 1 amide bonds. The minimum Gasteiger partial charge on any atom is -0.507 e. The predicted octanol–water partition coefficient (Wildman–Crippen LogP) is 1.46. The van der Waals surface area contributed by atoms with Crippen LogP contribution in [0.4, 0.5) is 0 Å². The molecule has 0 heterocycles. The van der Waals surface area contributed by atoms with Gasteiger partial charge in [0.25, 0.3) is 5.91 Å². The topological polar surface area (TPSA) is 75.6 Å². The smallest absolute Gasteiger partial charge is 0.342 e. The van der Waals surface area contributed by atoms with Crippen molar-refractivity contribution in [1.82, 2.24) is 5.32 Å². The van der Waals surface area contributed by atoms with Crippen LogP contribution in [0, 0.1) is 0 Å². The van der Waals surface area contributed by atoms with Crippen LogP contribution in [0.5, 0.6) is 5.75 Å². The maximum absolute atomic E-state index is 11.6. The van der Waals surface area contributed by atoms with Crippen molar-refractivity contribution in [2.45, 2.75) is 26.3 Å². The molecule has 1 aromatic rings. The number of hydrogen-bond acceptors (Lipinski definition) is 4. The van der Waals surface area contributed by atoms with Gasteiger partial charge in [-0.15, -0.1) is 0 Å². The first-order chi connectivity index (χ1) is 8.54. The van der Waals surface area contributed by atoms with Gasteiger partial charge in [-0.1, -0.05) is 19.1 Å². The van der Waals surface area contributed by atoms with E-state index in [2.05, 4.69) is 5.32 Å². The van der Waals surface area contributed by atoms with E-state index in [4.69, 9.17) is 4.74 Å². The summed E-state index contributed by atoms with van der Waals surface area (Å²) < 4.78 is 4.81. The minimum absolute atomic E-state index is 0.0429. The molecule has 0 aliphatic heterocycles. The van der Waals surface area contributed by atoms with Crippen molar-refractivity contribution in [3.8, 4) is 5.75 Å². The van der Waals surface area contributed by atoms with Gasteiger partial charge in [-0.05, 0) is 25.5 Å². The summed E-state index contributed by atoms with van der Waals surface area (Å²) in [6.07, 6.45) is 0.805. The summed E-state index contributed by atoms with van der Waals surface area (Å²) in [5, 5.41) is 12.1. The first-order valence-electron chi connectivity index (χ1n) is 5.79. The summed E-state index contributed by atoms with van der Waals surface area (Å²) >= 11 is 0. The van der Waals surface area contributed by atoms with E-state index in [0.717, 1.165) is 6.42 Å². The number of hydrogen-bond donors (Lipinski definition) is 2. The lowest BCUT2D eigenvalue weighted by atomic mass is 10.2. The summed E-state index contributed by atoms with van der Waals surface area (Å²) in [4.78, 5) is 22.9. The van der Waals surface area contributed by atoms with Crippen molar-refractivity contribution >= 4 is 11.9 Å². The van der Waals surface area contributed by atoms with Crippen molar-refractivity contribution < 1.29 is 19.4 Å². The number of aromatic hydroxyl groups is 1. The molecule has 2 N–H and O–H groups in total. The van der Waals surface area contributed by atoms with Crippen LogP contribution in [0.2, 0.25) is 0 Å². The number of carbonyl (C=O) groups is 2. The molecule has 1 atom stereocenters. The van der Waals surface area contributed by atoms with Crippen molar-refractivity contribution in [2.75, 3.05) is 6.61 Å². The van der Waals surface area contributed by atoms with Crippen molar-refractivity contribution in [3.63, 3.8) is 0 Å². The summed E-state index contributed by atoms with van der Waals surface area (Å²) in [5.74, 6) is -1.23. The molecule has 0 fully saturated rings. The molecule has 0 unspecified atom stereocenters. The van der Waals surface area contributed by atoms with Gasteiger partial charge in [0, 0.05) is 6.04 Å². The fourth-order valence-corrected chi connectivity index (χ4v) is 1.27. The first-order valence-corrected chi connectivity index (χ1v) is 5.79. The van der Waals surface area contributed by atoms with Gasteiger partial charge in [0.2, 0.25) is 0 Å². The maximum atomic E-state index is 11.6. The highest BCUT2D eigenvalue weighted by Gasteiger charge is 2.14. The van der Waals surface area contributed by atoms with Crippen molar-refractivity contribution in [2.24, 2.45) is 0 Å². The molecule has 1 aromatic carbocycles. The Bertz CT molecular complexity index is 431. The molecular formula is C13H17NO4. The van der Waals surface area contributed by atoms with Crippen LogP contribution in [0.3, 0.4) is 0 Å². The standard InChI is InChI=1S/C13H17NO4/c1-3-9(2)14-12(16)8-18-13(17)10-6-4-5-7-11(10)15/h4-7,9,15H,3,8H2,1-2H3,(H,14,16)/t9-/m1/s1. The average molecular weight is 251 g/mol. The number of phenolic OH excluding ortho intramolecular Hbond substituents is 1. The molecule has 98 valence electrons. The molecule has 0 aliphatic rings. The second-order valence-electron chi connectivity index (χ2n) is 3.97. The van der Waals surface area contributed by atoms with E-state index in [0.29, 0.717) is 0 Å². The molecular weight excluding hydrogens is 234 g/mol. The molecule has 0 saturated carbocycles. The van der Waals surface area contributed by atoms with E-state index in [1.807, 2.05) is 13.8 Å². The molecule has 0 saturated heterocycles. The van der Waals surface area contributed by atoms with Gasteiger partial charge in [-0.2, -0.15) is 0 Å². The number of ether oxygens (including phenoxy) is 1. The van der Waals surface area contributed by atoms with E-state index < -0.39 is 5.97 Å². The molecule has 0 radical (unpaired) electrons. The zero-order valence-electron chi connectivity index (χ0n) is 10.5. The molecule has 0 aliphatic carbocycles. The van der Waals surface area contributed by atoms with Crippen LogP contribution in [0.1, 0.15) is 30.6 Å². The molecule has 5 nitrogen and oxygen atoms in total. The molecule has 0 bridgehead atoms. The zero-order valence-corrected chi connectivity index (χ0v) is 10.5. The number of benzene rings is 1. The van der Waals surface area contributed by atoms with E-state index in [9.17, 15) is 14.7 Å². The van der Waals surface area contributed by atoms with E-state index in [1.54, 1.807) is 12.1 Å². The number of phenols is 1. The lowest BCUT2D eigenvalue weighted by Gasteiger charge is -2.11. The van der Waals surface area contributed by atoms with Gasteiger partial charge in [0.15, 0.2) is 6.61 Å². The van der Waals surface area contributed by atoms with E-state index in [1.165, 1.54) is 12.1 Å². The van der Waals surface area contributed by atoms with Crippen LogP contribution >= 0.6 is 0 Å². The van der Waals surface area contributed by atoms with Crippen LogP contribution in [-0.2, 0) is 9.53 Å². The van der Waals surface area contributed by atoms with Crippen molar-refractivity contribution in [3.05, 3.63) is 29.8 Å². The third kappa shape index (κ3) is 4.08. The van der Waals surface area contributed by atoms with Gasteiger partial charge in [0.1, 0.15) is 11.3 Å². The lowest BCUT2D eigenvalue weighted by Crippen LogP contribution is -2.35. The van der Waals surface area contributed by atoms with Crippen LogP contribution < -0.4 is 5.32 Å². The highest BCUT2D eigenvalue weighted by Crippen LogP contribution is 2.16. The Morgan fingerprint density at radius 3 is 2.67 bits per heavy atom. The zero-order chi connectivity index (χ0) is 13.5. The summed E-state index contributed by atoms with van der Waals surface area (Å²) in [5.41, 5.74) is 0.0499. The van der Waals surface area contributed by atoms with Crippen LogP contribution in [0.15, 0.2) is 24.3 Å². The highest BCUT2D eigenvalue weighted by molar-refractivity contribution is 5.93. The van der Waals surface area contributed by atoms with E-state index in [-0.39, 0.29) is 29.9 Å². The highest BCUT2D eigenvalue weighted by atomic mass is 16.5. The second-order valence-corrected chi connectivity index (χ2v) is 3.97. The summed E-state index contributed by atoms with van der Waals surface area (Å²) in [7, 11) is 0. The molecule has 18 heavy (non-hydrogen) atoms. The monoisotopic (exact) mass is 251 g/mol. The molecule has 0 aromatic heterocycles. The largest absolute Gasteiger partial charge is 0.507 e. The van der Waals surface area contributed by atoms with Gasteiger partial charge >= 0.3 is 5.97 Å². The van der Waals surface area contributed by atoms with Crippen LogP contribution in [0.25, 0.3) is 0 Å². The Hall–Kier alpha value is -2.04. The van der Waals surface area contributed by atoms with Gasteiger partial charge in [0.05, 0.1) is 0 Å². The number of rotatable bonds is 5. The maximum Gasteiger partial charge on any atom is 0.342 e. The Morgan fingerprint density at radius 1 is 1.39 bits per heavy atom. The average Bonchev–Trinajstić information content (AvgIpc) is 2.36. The van der Waals surface area contributed by atoms with Gasteiger partial charge in [-0.3, -0.25) is 4.79 Å². The van der Waals surface area contributed by atoms with Crippen LogP contribution in [-0.4, -0.2) is 29.6 Å². The molecule has 5 heteroatoms. The Balaban J connectivity index is 2.47. The predicted molar refractivity (Wildman–Crippen MR) is 66.3 cm³/mol. The number of carbonyl (C=O) groups excluding carboxylic acids is 2. The molecule has 0 spiro atoms. The SMILES string of the molecule is CC[C@@H](C)NC(=O)COC(=O)c1ccccc1O. The van der Waals surface area contributed by atoms with Crippen molar-refractivity contribution in [1.29, 1.82) is 0 Å². The quantitative estimate of drug-likeness (QED) is 0.777.